The Bertz CT molecular complexity index is 308. The molecule has 0 unspecified atom stereocenters. The van der Waals surface area contributed by atoms with E-state index in [1.807, 2.05) is 0 Å². The van der Waals surface area contributed by atoms with Gasteiger partial charge in [0.25, 0.3) is 0 Å². The van der Waals surface area contributed by atoms with Crippen LogP contribution in [0.15, 0.2) is 18.2 Å². The van der Waals surface area contributed by atoms with Crippen LogP contribution in [0.5, 0.6) is 0 Å². The maximum absolute atomic E-state index is 2.35. The van der Waals surface area contributed by atoms with Crippen molar-refractivity contribution in [2.45, 2.75) is 33.6 Å². The minimum absolute atomic E-state index is 0.494. The molecule has 1 aliphatic carbocycles. The van der Waals surface area contributed by atoms with Crippen molar-refractivity contribution in [2.75, 3.05) is 0 Å². The van der Waals surface area contributed by atoms with E-state index in [9.17, 15) is 0 Å². The van der Waals surface area contributed by atoms with Crippen LogP contribution in [-0.2, 0) is 12.8 Å². The molecule has 0 atom stereocenters. The molecule has 64 valence electrons. The van der Waals surface area contributed by atoms with Crippen LogP contribution >= 0.6 is 0 Å². The smallest absolute Gasteiger partial charge is 0.0219 e. The molecule has 0 radical (unpaired) electrons. The number of rotatable bonds is 0. The van der Waals surface area contributed by atoms with Crippen molar-refractivity contribution in [1.82, 2.24) is 0 Å². The van der Waals surface area contributed by atoms with E-state index in [1.54, 1.807) is 11.1 Å². The van der Waals surface area contributed by atoms with Gasteiger partial charge in [-0.2, -0.15) is 0 Å². The maximum Gasteiger partial charge on any atom is -0.0219 e. The molecule has 0 saturated heterocycles. The minimum Gasteiger partial charge on any atom is -0.0617 e. The number of aryl methyl sites for hydroxylation is 1. The van der Waals surface area contributed by atoms with Gasteiger partial charge in [0.1, 0.15) is 0 Å². The highest BCUT2D eigenvalue weighted by Crippen LogP contribution is 2.37. The molecule has 0 amide bonds. The van der Waals surface area contributed by atoms with Gasteiger partial charge in [0.2, 0.25) is 0 Å². The fourth-order valence-electron chi connectivity index (χ4n) is 2.24. The highest BCUT2D eigenvalue weighted by Gasteiger charge is 2.28. The third kappa shape index (κ3) is 1.16. The lowest BCUT2D eigenvalue weighted by molar-refractivity contribution is 0.392. The van der Waals surface area contributed by atoms with Gasteiger partial charge in [-0.25, -0.2) is 0 Å². The van der Waals surface area contributed by atoms with E-state index >= 15 is 0 Å². The summed E-state index contributed by atoms with van der Waals surface area (Å²) in [4.78, 5) is 0. The second-order valence-corrected chi connectivity index (χ2v) is 4.73. The predicted octanol–water partition coefficient (Wildman–Crippen LogP) is 3.12. The van der Waals surface area contributed by atoms with Gasteiger partial charge in [-0.1, -0.05) is 32.0 Å². The van der Waals surface area contributed by atoms with Gasteiger partial charge < -0.3 is 0 Å². The molecular weight excluding hydrogens is 144 g/mol. The van der Waals surface area contributed by atoms with E-state index in [-0.39, 0.29) is 0 Å². The summed E-state index contributed by atoms with van der Waals surface area (Å²) in [5.41, 5.74) is 5.13. The Labute approximate surface area is 74.6 Å². The highest BCUT2D eigenvalue weighted by molar-refractivity contribution is 5.39. The van der Waals surface area contributed by atoms with Crippen molar-refractivity contribution in [3.63, 3.8) is 0 Å². The Balaban J connectivity index is 2.48. The summed E-state index contributed by atoms with van der Waals surface area (Å²) in [6.45, 7) is 6.93. The van der Waals surface area contributed by atoms with E-state index < -0.39 is 0 Å². The number of benzene rings is 1. The number of hydrogen-bond donors (Lipinski definition) is 0. The third-order valence-electron chi connectivity index (χ3n) is 2.83. The Morgan fingerprint density at radius 1 is 1.17 bits per heavy atom. The zero-order chi connectivity index (χ0) is 8.77. The monoisotopic (exact) mass is 160 g/mol. The van der Waals surface area contributed by atoms with Gasteiger partial charge in [-0.3, -0.25) is 0 Å². The molecule has 12 heavy (non-hydrogen) atoms. The van der Waals surface area contributed by atoms with Gasteiger partial charge in [0.15, 0.2) is 0 Å². The zero-order valence-corrected chi connectivity index (χ0v) is 8.15. The van der Waals surface area contributed by atoms with E-state index in [0.29, 0.717) is 5.41 Å². The third-order valence-corrected chi connectivity index (χ3v) is 2.83. The summed E-state index contributed by atoms with van der Waals surface area (Å²) >= 11 is 0. The topological polar surface area (TPSA) is 0 Å². The Morgan fingerprint density at radius 2 is 1.92 bits per heavy atom. The lowest BCUT2D eigenvalue weighted by Gasteiger charge is -2.15. The summed E-state index contributed by atoms with van der Waals surface area (Å²) < 4.78 is 0. The van der Waals surface area contributed by atoms with Crippen LogP contribution in [0.1, 0.15) is 30.5 Å². The van der Waals surface area contributed by atoms with Crippen molar-refractivity contribution in [1.29, 1.82) is 0 Å². The van der Waals surface area contributed by atoms with E-state index in [0.717, 1.165) is 0 Å². The van der Waals surface area contributed by atoms with Crippen LogP contribution in [0.2, 0.25) is 0 Å². The summed E-state index contributed by atoms with van der Waals surface area (Å²) in [6.07, 6.45) is 2.51. The van der Waals surface area contributed by atoms with Gasteiger partial charge in [-0.15, -0.1) is 0 Å². The summed E-state index contributed by atoms with van der Waals surface area (Å²) in [7, 11) is 0. The fraction of sp³-hybridized carbons (Fsp3) is 0.500. The molecule has 1 aromatic carbocycles. The molecule has 0 saturated carbocycles. The van der Waals surface area contributed by atoms with Crippen LogP contribution in [0.25, 0.3) is 0 Å². The highest BCUT2D eigenvalue weighted by atomic mass is 14.3. The summed E-state index contributed by atoms with van der Waals surface area (Å²) in [6, 6.07) is 6.67. The minimum atomic E-state index is 0.494. The van der Waals surface area contributed by atoms with Gasteiger partial charge in [0.05, 0.1) is 0 Å². The molecule has 0 heteroatoms. The van der Waals surface area contributed by atoms with E-state index in [2.05, 4.69) is 39.0 Å². The Kier molecular flexibility index (Phi) is 1.54. The molecule has 0 spiro atoms. The molecule has 0 aromatic heterocycles. The van der Waals surface area contributed by atoms with Gasteiger partial charge >= 0.3 is 0 Å². The van der Waals surface area contributed by atoms with Gasteiger partial charge in [0, 0.05) is 0 Å². The van der Waals surface area contributed by atoms with Crippen LogP contribution < -0.4 is 0 Å². The zero-order valence-electron chi connectivity index (χ0n) is 8.15. The van der Waals surface area contributed by atoms with Crippen LogP contribution in [0.3, 0.4) is 0 Å². The molecule has 0 aliphatic heterocycles. The lowest BCUT2D eigenvalue weighted by Crippen LogP contribution is -2.09. The first kappa shape index (κ1) is 7.85. The first-order valence-corrected chi connectivity index (χ1v) is 4.66. The SMILES string of the molecule is Cc1cccc2c1CC(C)(C)C2. The molecule has 0 nitrogen and oxygen atoms in total. The van der Waals surface area contributed by atoms with Crippen LogP contribution in [0, 0.1) is 12.3 Å². The largest absolute Gasteiger partial charge is 0.0617 e. The standard InChI is InChI=1S/C12H16/c1-9-5-4-6-10-7-12(2,3)8-11(9)10/h4-6H,7-8H2,1-3H3. The predicted molar refractivity (Wildman–Crippen MR) is 52.4 cm³/mol. The maximum atomic E-state index is 2.35. The lowest BCUT2D eigenvalue weighted by atomic mass is 9.90. The molecule has 0 bridgehead atoms. The fourth-order valence-corrected chi connectivity index (χ4v) is 2.24. The van der Waals surface area contributed by atoms with Crippen molar-refractivity contribution < 1.29 is 0 Å². The molecular formula is C12H16. The number of fused-ring (bicyclic) bond motifs is 1. The second kappa shape index (κ2) is 2.35. The van der Waals surface area contributed by atoms with Crippen molar-refractivity contribution >= 4 is 0 Å². The molecule has 0 N–H and O–H groups in total. The van der Waals surface area contributed by atoms with E-state index in [4.69, 9.17) is 0 Å². The molecule has 1 aromatic rings. The Morgan fingerprint density at radius 3 is 2.58 bits per heavy atom. The summed E-state index contributed by atoms with van der Waals surface area (Å²) in [5, 5.41) is 0. The molecule has 0 fully saturated rings. The normalized spacial score (nSPS) is 19.2. The van der Waals surface area contributed by atoms with Crippen LogP contribution in [0.4, 0.5) is 0 Å². The average Bonchev–Trinajstić information content (AvgIpc) is 2.25. The molecule has 0 heterocycles. The van der Waals surface area contributed by atoms with Crippen LogP contribution in [-0.4, -0.2) is 0 Å². The number of hydrogen-bond acceptors (Lipinski definition) is 0. The first-order chi connectivity index (χ1) is 5.58. The molecule has 2 rings (SSSR count). The van der Waals surface area contributed by atoms with E-state index in [1.165, 1.54) is 18.4 Å². The quantitative estimate of drug-likeness (QED) is 0.547. The average molecular weight is 160 g/mol. The second-order valence-electron chi connectivity index (χ2n) is 4.73. The van der Waals surface area contributed by atoms with Crippen molar-refractivity contribution in [2.24, 2.45) is 5.41 Å². The summed E-state index contributed by atoms with van der Waals surface area (Å²) in [5.74, 6) is 0. The van der Waals surface area contributed by atoms with Crippen molar-refractivity contribution in [3.8, 4) is 0 Å². The Hall–Kier alpha value is -0.780. The first-order valence-electron chi connectivity index (χ1n) is 4.66. The van der Waals surface area contributed by atoms with Gasteiger partial charge in [-0.05, 0) is 41.9 Å². The van der Waals surface area contributed by atoms with Crippen molar-refractivity contribution in [3.05, 3.63) is 34.9 Å². The molecule has 1 aliphatic rings.